The van der Waals surface area contributed by atoms with E-state index in [9.17, 15) is 4.39 Å². The van der Waals surface area contributed by atoms with E-state index in [1.54, 1.807) is 12.5 Å². The second-order valence-electron chi connectivity index (χ2n) is 8.70. The van der Waals surface area contributed by atoms with Gasteiger partial charge in [-0.1, -0.05) is 0 Å². The van der Waals surface area contributed by atoms with Gasteiger partial charge in [-0.2, -0.15) is 10.5 Å². The topological polar surface area (TPSA) is 93.2 Å². The number of aromatic nitrogens is 2. The van der Waals surface area contributed by atoms with Crippen molar-refractivity contribution in [1.29, 1.82) is 0 Å². The second-order valence-corrected chi connectivity index (χ2v) is 8.70. The molecule has 1 aromatic heterocycles. The number of H-pyrrole nitrogens is 1. The Morgan fingerprint density at radius 3 is 2.79 bits per heavy atom. The largest absolute Gasteiger partial charge is 0.381 e. The first kappa shape index (κ1) is 17.5. The molecule has 1 saturated carbocycles. The molecular formula is C19H25FN8O. The van der Waals surface area contributed by atoms with E-state index >= 15 is 0 Å². The van der Waals surface area contributed by atoms with Gasteiger partial charge in [-0.3, -0.25) is 10.4 Å². The van der Waals surface area contributed by atoms with E-state index in [0.29, 0.717) is 18.9 Å². The average Bonchev–Trinajstić information content (AvgIpc) is 3.33. The summed E-state index contributed by atoms with van der Waals surface area (Å²) in [6.07, 6.45) is 7.86. The number of hydrogen-bond donors (Lipinski definition) is 3. The molecule has 1 unspecified atom stereocenters. The molecule has 6 rings (SSSR count). The van der Waals surface area contributed by atoms with Gasteiger partial charge in [0.1, 0.15) is 23.9 Å². The second kappa shape index (κ2) is 6.61. The van der Waals surface area contributed by atoms with E-state index in [0.717, 1.165) is 61.9 Å². The van der Waals surface area contributed by atoms with Crippen molar-refractivity contribution in [2.45, 2.75) is 44.2 Å². The summed E-state index contributed by atoms with van der Waals surface area (Å²) in [5.41, 5.74) is 6.28. The lowest BCUT2D eigenvalue weighted by Crippen LogP contribution is -2.64. The number of aliphatic imine (C=N–C) groups is 2. The highest BCUT2D eigenvalue weighted by Gasteiger charge is 2.54. The van der Waals surface area contributed by atoms with Gasteiger partial charge in [-0.15, -0.1) is 0 Å². The summed E-state index contributed by atoms with van der Waals surface area (Å²) in [4.78, 5) is 11.9. The van der Waals surface area contributed by atoms with Crippen LogP contribution < -0.4 is 10.7 Å². The quantitative estimate of drug-likeness (QED) is 0.693. The van der Waals surface area contributed by atoms with Gasteiger partial charge in [0, 0.05) is 49.5 Å². The molecule has 29 heavy (non-hydrogen) atoms. The first-order valence-corrected chi connectivity index (χ1v) is 10.3. The van der Waals surface area contributed by atoms with Crippen molar-refractivity contribution in [1.82, 2.24) is 30.8 Å². The summed E-state index contributed by atoms with van der Waals surface area (Å²) in [6, 6.07) is 0.383. The first-order valence-electron chi connectivity index (χ1n) is 10.3. The predicted octanol–water partition coefficient (Wildman–Crippen LogP) is 0.825. The zero-order valence-corrected chi connectivity index (χ0v) is 16.1. The Balaban J connectivity index is 1.28. The van der Waals surface area contributed by atoms with Crippen LogP contribution in [0.2, 0.25) is 0 Å². The molecule has 3 N–H and O–H groups in total. The molecule has 0 aromatic carbocycles. The fraction of sp³-hybridized carbons (Fsp3) is 0.632. The summed E-state index contributed by atoms with van der Waals surface area (Å²) < 4.78 is 18.9. The third-order valence-electron chi connectivity index (χ3n) is 6.54. The van der Waals surface area contributed by atoms with Crippen LogP contribution in [0.5, 0.6) is 0 Å². The lowest BCUT2D eigenvalue weighted by atomic mass is 9.62. The molecule has 5 heterocycles. The van der Waals surface area contributed by atoms with Crippen LogP contribution in [0.3, 0.4) is 0 Å². The molecule has 154 valence electrons. The van der Waals surface area contributed by atoms with Crippen LogP contribution in [0, 0.1) is 5.41 Å². The number of nitrogens with one attached hydrogen (secondary N) is 3. The highest BCUT2D eigenvalue weighted by atomic mass is 19.1. The number of halogens is 1. The van der Waals surface area contributed by atoms with E-state index in [4.69, 9.17) is 14.7 Å². The van der Waals surface area contributed by atoms with Crippen LogP contribution in [0.15, 0.2) is 28.1 Å². The zero-order chi connectivity index (χ0) is 19.4. The number of nitrogens with zero attached hydrogens (tertiary/aromatic N) is 5. The van der Waals surface area contributed by atoms with Gasteiger partial charge in [0.15, 0.2) is 12.1 Å². The molecule has 4 aliphatic heterocycles. The maximum absolute atomic E-state index is 13.5. The van der Waals surface area contributed by atoms with Crippen LogP contribution in [-0.4, -0.2) is 77.1 Å². The number of ether oxygens (including phenoxy) is 1. The molecule has 1 atom stereocenters. The van der Waals surface area contributed by atoms with Crippen molar-refractivity contribution in [3.05, 3.63) is 23.7 Å². The number of aromatic amines is 1. The van der Waals surface area contributed by atoms with Gasteiger partial charge >= 0.3 is 0 Å². The van der Waals surface area contributed by atoms with Gasteiger partial charge in [0.2, 0.25) is 0 Å². The van der Waals surface area contributed by atoms with Crippen LogP contribution in [0.1, 0.15) is 31.2 Å². The van der Waals surface area contributed by atoms with Crippen molar-refractivity contribution < 1.29 is 9.13 Å². The number of likely N-dealkylation sites (tertiary alicyclic amines) is 1. The van der Waals surface area contributed by atoms with Crippen LogP contribution in [-0.2, 0) is 4.74 Å². The predicted molar refractivity (Wildman–Crippen MR) is 105 cm³/mol. The normalized spacial score (nSPS) is 29.1. The molecule has 2 saturated heterocycles. The Kier molecular flexibility index (Phi) is 4.00. The highest BCUT2D eigenvalue weighted by molar-refractivity contribution is 6.12. The maximum Gasteiger partial charge on any atom is 0.173 e. The molecule has 10 heteroatoms. The summed E-state index contributed by atoms with van der Waals surface area (Å²) in [7, 11) is 0. The Bertz CT molecular complexity index is 861. The van der Waals surface area contributed by atoms with Crippen molar-refractivity contribution in [3.8, 4) is 0 Å². The maximum atomic E-state index is 13.5. The molecule has 0 amide bonds. The van der Waals surface area contributed by atoms with Crippen molar-refractivity contribution in [2.24, 2.45) is 15.4 Å². The fourth-order valence-electron chi connectivity index (χ4n) is 5.06. The summed E-state index contributed by atoms with van der Waals surface area (Å²) in [5.74, 6) is 0.853. The standard InChI is InChI=1S/C19H25FN8O/c20-13-5-19(6-13)9-27(10-19)16-15(12-7-22-23-8-12)21-11-28-17(16)25-18(26-28)24-14-1-3-29-4-2-14/h7-8,11,13-14,18,24,26H,1-6,9-10H2,(H,22,23). The van der Waals surface area contributed by atoms with Crippen molar-refractivity contribution in [3.63, 3.8) is 0 Å². The zero-order valence-electron chi connectivity index (χ0n) is 16.1. The number of hydrazine groups is 1. The van der Waals surface area contributed by atoms with Gasteiger partial charge < -0.3 is 9.64 Å². The van der Waals surface area contributed by atoms with Crippen LogP contribution in [0.25, 0.3) is 5.70 Å². The Morgan fingerprint density at radius 1 is 1.24 bits per heavy atom. The third-order valence-corrected chi connectivity index (χ3v) is 6.54. The molecule has 1 spiro atoms. The van der Waals surface area contributed by atoms with E-state index in [1.165, 1.54) is 0 Å². The Morgan fingerprint density at radius 2 is 2.07 bits per heavy atom. The fourth-order valence-corrected chi connectivity index (χ4v) is 5.06. The number of amidine groups is 1. The first-order chi connectivity index (χ1) is 14.2. The van der Waals surface area contributed by atoms with Crippen LogP contribution >= 0.6 is 0 Å². The van der Waals surface area contributed by atoms with E-state index in [1.807, 2.05) is 11.2 Å². The summed E-state index contributed by atoms with van der Waals surface area (Å²) in [6.45, 7) is 3.27. The molecular weight excluding hydrogens is 375 g/mol. The lowest BCUT2D eigenvalue weighted by molar-refractivity contribution is -0.0839. The van der Waals surface area contributed by atoms with Crippen molar-refractivity contribution in [2.75, 3.05) is 26.3 Å². The molecule has 9 nitrogen and oxygen atoms in total. The minimum absolute atomic E-state index is 0.131. The smallest absolute Gasteiger partial charge is 0.173 e. The SMILES string of the molecule is FC1CC2(C1)CN(C1=C(c3cn[nH]c3)N=CN3NC(NC4CCOCC4)N=C13)C2. The monoisotopic (exact) mass is 400 g/mol. The van der Waals surface area contributed by atoms with Gasteiger partial charge in [-0.25, -0.2) is 19.4 Å². The van der Waals surface area contributed by atoms with Crippen LogP contribution in [0.4, 0.5) is 4.39 Å². The summed E-state index contributed by atoms with van der Waals surface area (Å²) in [5, 5.41) is 12.4. The molecule has 3 fully saturated rings. The van der Waals surface area contributed by atoms with E-state index in [2.05, 4.69) is 25.8 Å². The molecule has 1 aliphatic carbocycles. The number of fused-ring (bicyclic) bond motifs is 1. The number of hydrogen-bond acceptors (Lipinski definition) is 8. The molecule has 0 radical (unpaired) electrons. The number of rotatable bonds is 4. The molecule has 0 bridgehead atoms. The summed E-state index contributed by atoms with van der Waals surface area (Å²) >= 11 is 0. The third kappa shape index (κ3) is 2.97. The number of alkyl halides is 1. The van der Waals surface area contributed by atoms with E-state index in [-0.39, 0.29) is 11.7 Å². The lowest BCUT2D eigenvalue weighted by Gasteiger charge is -2.58. The minimum atomic E-state index is -0.640. The van der Waals surface area contributed by atoms with Crippen molar-refractivity contribution >= 4 is 17.9 Å². The van der Waals surface area contributed by atoms with Gasteiger partial charge in [0.05, 0.1) is 6.20 Å². The average molecular weight is 400 g/mol. The van der Waals surface area contributed by atoms with Gasteiger partial charge in [0.25, 0.3) is 0 Å². The molecule has 1 aromatic rings. The minimum Gasteiger partial charge on any atom is -0.381 e. The van der Waals surface area contributed by atoms with Gasteiger partial charge in [-0.05, 0) is 25.7 Å². The Hall–Kier alpha value is -2.30. The Labute approximate surface area is 168 Å². The highest BCUT2D eigenvalue weighted by Crippen LogP contribution is 2.51. The van der Waals surface area contributed by atoms with E-state index < -0.39 is 6.17 Å². The molecule has 5 aliphatic rings.